The molecular formula is C16H17ClFN. The summed E-state index contributed by atoms with van der Waals surface area (Å²) in [4.78, 5) is 0. The maximum Gasteiger partial charge on any atom is 0.127 e. The molecule has 0 aliphatic carbocycles. The van der Waals surface area contributed by atoms with Gasteiger partial charge in [-0.1, -0.05) is 48.0 Å². The molecule has 0 radical (unpaired) electrons. The van der Waals surface area contributed by atoms with Crippen molar-refractivity contribution in [2.24, 2.45) is 0 Å². The van der Waals surface area contributed by atoms with Crippen LogP contribution in [0.1, 0.15) is 22.7 Å². The molecule has 0 saturated carbocycles. The number of aryl methyl sites for hydroxylation is 1. The predicted molar refractivity (Wildman–Crippen MR) is 78.1 cm³/mol. The first-order chi connectivity index (χ1) is 9.11. The molecule has 2 rings (SSSR count). The van der Waals surface area contributed by atoms with Crippen LogP contribution in [-0.4, -0.2) is 7.05 Å². The number of rotatable bonds is 4. The summed E-state index contributed by atoms with van der Waals surface area (Å²) in [5.74, 6) is -0.261. The standard InChI is InChI=1S/C16H17ClFN/c1-11-8-13(14(17)10-15(11)18)16(19-2)9-12-6-4-3-5-7-12/h3-8,10,16,19H,9H2,1-2H3. The first kappa shape index (κ1) is 14.0. The first-order valence-electron chi connectivity index (χ1n) is 6.28. The van der Waals surface area contributed by atoms with Gasteiger partial charge in [0.25, 0.3) is 0 Å². The van der Waals surface area contributed by atoms with E-state index in [1.807, 2.05) is 31.3 Å². The summed E-state index contributed by atoms with van der Waals surface area (Å²) in [7, 11) is 1.89. The topological polar surface area (TPSA) is 12.0 Å². The fraction of sp³-hybridized carbons (Fsp3) is 0.250. The number of halogens is 2. The van der Waals surface area contributed by atoms with E-state index >= 15 is 0 Å². The molecule has 3 heteroatoms. The van der Waals surface area contributed by atoms with Gasteiger partial charge in [-0.3, -0.25) is 0 Å². The smallest absolute Gasteiger partial charge is 0.127 e. The van der Waals surface area contributed by atoms with Crippen LogP contribution in [0.3, 0.4) is 0 Å². The van der Waals surface area contributed by atoms with E-state index in [-0.39, 0.29) is 11.9 Å². The van der Waals surface area contributed by atoms with E-state index < -0.39 is 0 Å². The maximum absolute atomic E-state index is 13.4. The Morgan fingerprint density at radius 3 is 2.53 bits per heavy atom. The largest absolute Gasteiger partial charge is 0.313 e. The van der Waals surface area contributed by atoms with Crippen molar-refractivity contribution in [3.05, 3.63) is 70.0 Å². The highest BCUT2D eigenvalue weighted by molar-refractivity contribution is 6.31. The molecule has 1 unspecified atom stereocenters. The van der Waals surface area contributed by atoms with E-state index in [2.05, 4.69) is 17.4 Å². The lowest BCUT2D eigenvalue weighted by atomic mass is 9.97. The van der Waals surface area contributed by atoms with Gasteiger partial charge in [0.1, 0.15) is 5.82 Å². The minimum absolute atomic E-state index is 0.0780. The zero-order valence-electron chi connectivity index (χ0n) is 11.1. The normalized spacial score (nSPS) is 12.4. The second-order valence-electron chi connectivity index (χ2n) is 4.65. The number of benzene rings is 2. The van der Waals surface area contributed by atoms with Crippen LogP contribution in [-0.2, 0) is 6.42 Å². The van der Waals surface area contributed by atoms with Gasteiger partial charge in [0.05, 0.1) is 0 Å². The molecule has 1 N–H and O–H groups in total. The molecule has 2 aromatic rings. The average molecular weight is 278 g/mol. The molecule has 0 aromatic heterocycles. The van der Waals surface area contributed by atoms with Crippen molar-refractivity contribution in [2.75, 3.05) is 7.05 Å². The Kier molecular flexibility index (Phi) is 4.56. The third kappa shape index (κ3) is 3.34. The minimum Gasteiger partial charge on any atom is -0.313 e. The van der Waals surface area contributed by atoms with Gasteiger partial charge >= 0.3 is 0 Å². The van der Waals surface area contributed by atoms with Gasteiger partial charge in [-0.2, -0.15) is 0 Å². The Bertz CT molecular complexity index is 554. The van der Waals surface area contributed by atoms with Crippen LogP contribution < -0.4 is 5.32 Å². The number of hydrogen-bond donors (Lipinski definition) is 1. The van der Waals surface area contributed by atoms with Crippen LogP contribution in [0, 0.1) is 12.7 Å². The van der Waals surface area contributed by atoms with Crippen molar-refractivity contribution >= 4 is 11.6 Å². The first-order valence-corrected chi connectivity index (χ1v) is 6.66. The Balaban J connectivity index is 2.30. The lowest BCUT2D eigenvalue weighted by Gasteiger charge is -2.19. The lowest BCUT2D eigenvalue weighted by molar-refractivity contribution is 0.583. The highest BCUT2D eigenvalue weighted by Crippen LogP contribution is 2.28. The molecule has 0 heterocycles. The summed E-state index contributed by atoms with van der Waals surface area (Å²) in [5, 5.41) is 3.72. The molecule has 0 aliphatic rings. The second-order valence-corrected chi connectivity index (χ2v) is 5.06. The van der Waals surface area contributed by atoms with E-state index in [1.54, 1.807) is 6.92 Å². The van der Waals surface area contributed by atoms with Crippen LogP contribution in [0.25, 0.3) is 0 Å². The molecule has 0 bridgehead atoms. The van der Waals surface area contributed by atoms with Crippen LogP contribution in [0.5, 0.6) is 0 Å². The van der Waals surface area contributed by atoms with Crippen LogP contribution in [0.2, 0.25) is 5.02 Å². The van der Waals surface area contributed by atoms with Gasteiger partial charge < -0.3 is 5.32 Å². The van der Waals surface area contributed by atoms with Crippen molar-refractivity contribution in [1.29, 1.82) is 0 Å². The fourth-order valence-electron chi connectivity index (χ4n) is 2.16. The van der Waals surface area contributed by atoms with Crippen molar-refractivity contribution in [3.63, 3.8) is 0 Å². The third-order valence-corrected chi connectivity index (χ3v) is 3.61. The summed E-state index contributed by atoms with van der Waals surface area (Å²) in [6.07, 6.45) is 0.822. The summed E-state index contributed by atoms with van der Waals surface area (Å²) < 4.78 is 13.4. The van der Waals surface area contributed by atoms with Gasteiger partial charge in [-0.25, -0.2) is 4.39 Å². The zero-order valence-corrected chi connectivity index (χ0v) is 11.8. The molecule has 0 amide bonds. The molecule has 2 aromatic carbocycles. The van der Waals surface area contributed by atoms with Gasteiger partial charge in [0, 0.05) is 11.1 Å². The number of hydrogen-bond acceptors (Lipinski definition) is 1. The molecule has 0 saturated heterocycles. The summed E-state index contributed by atoms with van der Waals surface area (Å²) in [5.41, 5.74) is 2.78. The van der Waals surface area contributed by atoms with Crippen LogP contribution in [0.15, 0.2) is 42.5 Å². The van der Waals surface area contributed by atoms with Gasteiger partial charge in [-0.05, 0) is 43.1 Å². The van der Waals surface area contributed by atoms with Crippen molar-refractivity contribution in [3.8, 4) is 0 Å². The maximum atomic E-state index is 13.4. The van der Waals surface area contributed by atoms with E-state index in [4.69, 9.17) is 11.6 Å². The Morgan fingerprint density at radius 2 is 1.89 bits per heavy atom. The SMILES string of the molecule is CNC(Cc1ccccc1)c1cc(C)c(F)cc1Cl. The van der Waals surface area contributed by atoms with Crippen molar-refractivity contribution < 1.29 is 4.39 Å². The van der Waals surface area contributed by atoms with E-state index in [1.165, 1.54) is 11.6 Å². The van der Waals surface area contributed by atoms with Gasteiger partial charge in [0.2, 0.25) is 0 Å². The number of nitrogens with one attached hydrogen (secondary N) is 1. The molecule has 1 nitrogen and oxygen atoms in total. The summed E-state index contributed by atoms with van der Waals surface area (Å²) in [6.45, 7) is 1.75. The Morgan fingerprint density at radius 1 is 1.21 bits per heavy atom. The summed E-state index contributed by atoms with van der Waals surface area (Å²) >= 11 is 6.16. The quantitative estimate of drug-likeness (QED) is 0.879. The molecule has 0 spiro atoms. The minimum atomic E-state index is -0.261. The van der Waals surface area contributed by atoms with Crippen molar-refractivity contribution in [2.45, 2.75) is 19.4 Å². The molecule has 19 heavy (non-hydrogen) atoms. The highest BCUT2D eigenvalue weighted by atomic mass is 35.5. The monoisotopic (exact) mass is 277 g/mol. The molecule has 1 atom stereocenters. The van der Waals surface area contributed by atoms with E-state index in [9.17, 15) is 4.39 Å². The molecule has 0 fully saturated rings. The molecule has 100 valence electrons. The third-order valence-electron chi connectivity index (χ3n) is 3.28. The van der Waals surface area contributed by atoms with E-state index in [0.29, 0.717) is 10.6 Å². The molecule has 0 aliphatic heterocycles. The number of likely N-dealkylation sites (N-methyl/N-ethyl adjacent to an activating group) is 1. The average Bonchev–Trinajstić information content (AvgIpc) is 2.42. The Labute approximate surface area is 118 Å². The second kappa shape index (κ2) is 6.18. The van der Waals surface area contributed by atoms with E-state index in [0.717, 1.165) is 12.0 Å². The van der Waals surface area contributed by atoms with Crippen molar-refractivity contribution in [1.82, 2.24) is 5.32 Å². The van der Waals surface area contributed by atoms with Crippen LogP contribution >= 0.6 is 11.6 Å². The Hall–Kier alpha value is -1.38. The fourth-order valence-corrected chi connectivity index (χ4v) is 2.45. The lowest BCUT2D eigenvalue weighted by Crippen LogP contribution is -2.19. The zero-order chi connectivity index (χ0) is 13.8. The highest BCUT2D eigenvalue weighted by Gasteiger charge is 2.15. The van der Waals surface area contributed by atoms with Crippen LogP contribution in [0.4, 0.5) is 4.39 Å². The van der Waals surface area contributed by atoms with Gasteiger partial charge in [0.15, 0.2) is 0 Å². The summed E-state index contributed by atoms with van der Waals surface area (Å²) in [6, 6.07) is 13.5. The van der Waals surface area contributed by atoms with Gasteiger partial charge in [-0.15, -0.1) is 0 Å². The molecular weight excluding hydrogens is 261 g/mol. The predicted octanol–water partition coefficient (Wildman–Crippen LogP) is 4.29.